The Morgan fingerprint density at radius 1 is 1.24 bits per heavy atom. The first-order valence-electron chi connectivity index (χ1n) is 5.86. The fraction of sp³-hybridized carbons (Fsp3) is 0.143. The summed E-state index contributed by atoms with van der Waals surface area (Å²) in [4.78, 5) is 16.9. The monoisotopic (exact) mass is 372 g/mol. The average Bonchev–Trinajstić information content (AvgIpc) is 2.47. The van der Waals surface area contributed by atoms with Crippen LogP contribution in [0.4, 0.5) is 10.5 Å². The van der Waals surface area contributed by atoms with E-state index in [4.69, 9.17) is 0 Å². The Morgan fingerprint density at radius 2 is 1.95 bits per heavy atom. The zero-order chi connectivity index (χ0) is 13.5. The molecule has 2 aromatic rings. The van der Waals surface area contributed by atoms with Crippen LogP contribution in [0, 0.1) is 0 Å². The summed E-state index contributed by atoms with van der Waals surface area (Å²) in [6.07, 6.45) is 5.45. The number of nitrogens with zero attached hydrogens (tertiary/aromatic N) is 1. The van der Waals surface area contributed by atoms with E-state index >= 15 is 0 Å². The smallest absolute Gasteiger partial charge is 0.319 e. The molecule has 1 heterocycles. The molecule has 0 aliphatic carbocycles. The van der Waals surface area contributed by atoms with Crippen LogP contribution in [0.3, 0.4) is 0 Å². The number of nitrogens with one attached hydrogen (secondary N) is 2. The molecule has 1 aromatic heterocycles. The third-order valence-corrected chi connectivity index (χ3v) is 3.27. The van der Waals surface area contributed by atoms with E-state index in [1.165, 1.54) is 4.90 Å². The molecule has 0 saturated carbocycles. The maximum Gasteiger partial charge on any atom is 0.319 e. The molecule has 0 spiro atoms. The van der Waals surface area contributed by atoms with Crippen LogP contribution in [-0.4, -0.2) is 17.3 Å². The number of urea groups is 1. The van der Waals surface area contributed by atoms with Crippen LogP contribution in [0.5, 0.6) is 0 Å². The maximum absolute atomic E-state index is 11.7. The van der Waals surface area contributed by atoms with Crippen molar-refractivity contribution in [3.63, 3.8) is 0 Å². The second-order valence-electron chi connectivity index (χ2n) is 3.90. The summed E-state index contributed by atoms with van der Waals surface area (Å²) in [6, 6.07) is 11.3. The van der Waals surface area contributed by atoms with Gasteiger partial charge in [-0.3, -0.25) is 4.98 Å². The third kappa shape index (κ3) is 6.87. The molecule has 0 bridgehead atoms. The summed E-state index contributed by atoms with van der Waals surface area (Å²) in [7, 11) is 0. The van der Waals surface area contributed by atoms with Crippen LogP contribution in [0.2, 0.25) is 0 Å². The van der Waals surface area contributed by atoms with Gasteiger partial charge in [0.15, 0.2) is 0 Å². The van der Waals surface area contributed by atoms with Gasteiger partial charge < -0.3 is 10.6 Å². The number of amides is 2. The quantitative estimate of drug-likeness (QED) is 0.637. The molecule has 117 valence electrons. The maximum atomic E-state index is 11.7. The number of halogens is 1. The molecule has 21 heavy (non-hydrogen) atoms. The van der Waals surface area contributed by atoms with Gasteiger partial charge in [0.1, 0.15) is 0 Å². The number of hydrogen-bond donors (Lipinski definition) is 2. The van der Waals surface area contributed by atoms with Crippen molar-refractivity contribution in [3.8, 4) is 0 Å². The fourth-order valence-corrected chi connectivity index (χ4v) is 1.94. The Morgan fingerprint density at radius 3 is 2.52 bits per heavy atom. The molecular formula is C14H16ClCuN3OS. The summed E-state index contributed by atoms with van der Waals surface area (Å²) in [5.41, 5.74) is 1.75. The Hall–Kier alpha value is -1.20. The first kappa shape index (κ1) is 19.8. The molecule has 1 radical (unpaired) electrons. The molecule has 2 N–H and O–H groups in total. The number of aromatic nitrogens is 1. The standard InChI is InChI=1S/C14H15N3OS.ClH.Cu/c1-19-13-6-4-12(5-7-13)17-14(18)16-10-11-3-2-8-15-9-11;;/h2-9H,10H2,1H3,(H2,16,17,18);1H;. The Bertz CT molecular complexity index is 540. The third-order valence-electron chi connectivity index (χ3n) is 2.52. The van der Waals surface area contributed by atoms with E-state index in [1.54, 1.807) is 24.2 Å². The molecule has 0 fully saturated rings. The van der Waals surface area contributed by atoms with Gasteiger partial charge in [-0.15, -0.1) is 24.2 Å². The molecule has 0 unspecified atom stereocenters. The fourth-order valence-electron chi connectivity index (χ4n) is 1.53. The van der Waals surface area contributed by atoms with E-state index in [0.717, 1.165) is 11.3 Å². The van der Waals surface area contributed by atoms with E-state index in [0.29, 0.717) is 6.54 Å². The van der Waals surface area contributed by atoms with E-state index < -0.39 is 0 Å². The normalized spacial score (nSPS) is 9.00. The number of pyridine rings is 1. The molecule has 2 rings (SSSR count). The number of carbonyl (C=O) groups is 1. The largest absolute Gasteiger partial charge is 0.334 e. The molecule has 0 aliphatic rings. The minimum Gasteiger partial charge on any atom is -0.334 e. The van der Waals surface area contributed by atoms with Gasteiger partial charge in [-0.05, 0) is 42.2 Å². The number of anilines is 1. The summed E-state index contributed by atoms with van der Waals surface area (Å²) in [5, 5.41) is 5.56. The van der Waals surface area contributed by atoms with Crippen molar-refractivity contribution >= 4 is 35.9 Å². The topological polar surface area (TPSA) is 54.0 Å². The van der Waals surface area contributed by atoms with Crippen molar-refractivity contribution in [2.24, 2.45) is 0 Å². The first-order valence-corrected chi connectivity index (χ1v) is 7.08. The first-order chi connectivity index (χ1) is 9.28. The minimum atomic E-state index is -0.222. The molecule has 4 nitrogen and oxygen atoms in total. The van der Waals surface area contributed by atoms with Crippen molar-refractivity contribution < 1.29 is 21.9 Å². The summed E-state index contributed by atoms with van der Waals surface area (Å²) >= 11 is 1.67. The zero-order valence-corrected chi connectivity index (χ0v) is 13.9. The second kappa shape index (κ2) is 10.5. The van der Waals surface area contributed by atoms with Crippen molar-refractivity contribution in [2.75, 3.05) is 11.6 Å². The second-order valence-corrected chi connectivity index (χ2v) is 4.78. The minimum absolute atomic E-state index is 0. The SMILES string of the molecule is CSc1ccc(NC(=O)NCc2cccnc2)cc1.Cl.[Cu]. The molecule has 7 heteroatoms. The van der Waals surface area contributed by atoms with Gasteiger partial charge >= 0.3 is 6.03 Å². The van der Waals surface area contributed by atoms with Crippen LogP contribution in [0.1, 0.15) is 5.56 Å². The number of thioether (sulfide) groups is 1. The van der Waals surface area contributed by atoms with E-state index in [-0.39, 0.29) is 35.5 Å². The van der Waals surface area contributed by atoms with Gasteiger partial charge in [0.2, 0.25) is 0 Å². The number of rotatable bonds is 4. The summed E-state index contributed by atoms with van der Waals surface area (Å²) < 4.78 is 0. The van der Waals surface area contributed by atoms with Crippen molar-refractivity contribution in [2.45, 2.75) is 11.4 Å². The van der Waals surface area contributed by atoms with Gasteiger partial charge in [-0.1, -0.05) is 6.07 Å². The Balaban J connectivity index is 0.00000200. The van der Waals surface area contributed by atoms with Gasteiger partial charge in [-0.2, -0.15) is 0 Å². The summed E-state index contributed by atoms with van der Waals surface area (Å²) in [6.45, 7) is 0.461. The molecular weight excluding hydrogens is 357 g/mol. The number of carbonyl (C=O) groups excluding carboxylic acids is 1. The van der Waals surface area contributed by atoms with E-state index in [9.17, 15) is 4.79 Å². The number of hydrogen-bond acceptors (Lipinski definition) is 3. The van der Waals surface area contributed by atoms with Crippen LogP contribution < -0.4 is 10.6 Å². The van der Waals surface area contributed by atoms with E-state index in [1.807, 2.05) is 42.7 Å². The average molecular weight is 373 g/mol. The van der Waals surface area contributed by atoms with Gasteiger partial charge in [-0.25, -0.2) is 4.79 Å². The summed E-state index contributed by atoms with van der Waals surface area (Å²) in [5.74, 6) is 0. The van der Waals surface area contributed by atoms with Crippen LogP contribution in [0.25, 0.3) is 0 Å². The van der Waals surface area contributed by atoms with Gasteiger partial charge in [0.25, 0.3) is 0 Å². The molecule has 1 aromatic carbocycles. The molecule has 2 amide bonds. The molecule has 0 atom stereocenters. The number of benzene rings is 1. The van der Waals surface area contributed by atoms with Crippen molar-refractivity contribution in [1.29, 1.82) is 0 Å². The van der Waals surface area contributed by atoms with Crippen LogP contribution in [0.15, 0.2) is 53.7 Å². The van der Waals surface area contributed by atoms with Crippen molar-refractivity contribution in [3.05, 3.63) is 54.4 Å². The van der Waals surface area contributed by atoms with Gasteiger partial charge in [0.05, 0.1) is 0 Å². The molecule has 0 aliphatic heterocycles. The van der Waals surface area contributed by atoms with Crippen molar-refractivity contribution in [1.82, 2.24) is 10.3 Å². The zero-order valence-electron chi connectivity index (χ0n) is 11.3. The predicted molar refractivity (Wildman–Crippen MR) is 85.6 cm³/mol. The molecule has 0 saturated heterocycles. The Labute approximate surface area is 145 Å². The van der Waals surface area contributed by atoms with Crippen LogP contribution in [-0.2, 0) is 23.6 Å². The van der Waals surface area contributed by atoms with Gasteiger partial charge in [0, 0.05) is 46.6 Å². The van der Waals surface area contributed by atoms with Crippen LogP contribution >= 0.6 is 24.2 Å². The van der Waals surface area contributed by atoms with E-state index in [2.05, 4.69) is 15.6 Å². The Kier molecular flexibility index (Phi) is 9.91. The predicted octanol–water partition coefficient (Wildman–Crippen LogP) is 3.54.